The van der Waals surface area contributed by atoms with E-state index in [0.29, 0.717) is 0 Å². The van der Waals surface area contributed by atoms with Gasteiger partial charge < -0.3 is 25.8 Å². The van der Waals surface area contributed by atoms with Gasteiger partial charge in [-0.1, -0.05) is 30.3 Å². The average molecular weight is 492 g/mol. The number of carbonyl (C=O) groups is 4. The quantitative estimate of drug-likeness (QED) is 0.356. The largest absolute Gasteiger partial charge is 0.481 e. The minimum absolute atomic E-state index is 0.0499. The van der Waals surface area contributed by atoms with E-state index in [1.54, 1.807) is 30.3 Å². The van der Waals surface area contributed by atoms with E-state index in [1.165, 1.54) is 24.3 Å². The van der Waals surface area contributed by atoms with Crippen LogP contribution in [0, 0.1) is 0 Å². The molecule has 0 heterocycles. The number of methoxy groups -OCH3 is 1. The maximum absolute atomic E-state index is 12.8. The molecule has 0 aromatic heterocycles. The second-order valence-electron chi connectivity index (χ2n) is 7.32. The smallest absolute Gasteiger partial charge is 0.328 e. The number of amides is 3. The number of sulfone groups is 1. The van der Waals surface area contributed by atoms with Crippen LogP contribution in [0.5, 0.6) is 0 Å². The Balaban J connectivity index is 2.10. The molecular weight excluding hydrogens is 466 g/mol. The molecule has 0 saturated carbocycles. The Morgan fingerprint density at radius 3 is 2.09 bits per heavy atom. The van der Waals surface area contributed by atoms with Crippen LogP contribution in [0.25, 0.3) is 0 Å². The van der Waals surface area contributed by atoms with Crippen LogP contribution < -0.4 is 16.0 Å². The molecule has 0 spiro atoms. The normalized spacial score (nSPS) is 12.6. The van der Waals surface area contributed by atoms with Crippen molar-refractivity contribution in [3.63, 3.8) is 0 Å². The summed E-state index contributed by atoms with van der Waals surface area (Å²) in [6.45, 7) is 0. The van der Waals surface area contributed by atoms with Gasteiger partial charge in [-0.05, 0) is 29.8 Å². The number of benzene rings is 2. The van der Waals surface area contributed by atoms with Crippen molar-refractivity contribution < 1.29 is 37.4 Å². The number of ether oxygens (including phenoxy) is 1. The highest BCUT2D eigenvalue weighted by atomic mass is 32.2. The molecule has 0 saturated heterocycles. The van der Waals surface area contributed by atoms with Crippen molar-refractivity contribution >= 4 is 39.4 Å². The molecule has 0 aliphatic carbocycles. The average Bonchev–Trinajstić information content (AvgIpc) is 2.77. The number of hydrogen-bond acceptors (Lipinski definition) is 7. The van der Waals surface area contributed by atoms with E-state index in [2.05, 4.69) is 16.0 Å². The van der Waals surface area contributed by atoms with Gasteiger partial charge in [0.15, 0.2) is 9.84 Å². The summed E-state index contributed by atoms with van der Waals surface area (Å²) in [4.78, 5) is 48.6. The van der Waals surface area contributed by atoms with E-state index >= 15 is 0 Å². The van der Waals surface area contributed by atoms with Gasteiger partial charge in [0.05, 0.1) is 18.4 Å². The molecular formula is C22H25N3O8S. The number of carboxylic acid groups (broad SMARTS) is 1. The van der Waals surface area contributed by atoms with Gasteiger partial charge in [0.1, 0.15) is 12.1 Å². The van der Waals surface area contributed by atoms with Gasteiger partial charge in [0.25, 0.3) is 0 Å². The lowest BCUT2D eigenvalue weighted by Gasteiger charge is -2.21. The highest BCUT2D eigenvalue weighted by Crippen LogP contribution is 2.14. The predicted octanol–water partition coefficient (Wildman–Crippen LogP) is 0.955. The van der Waals surface area contributed by atoms with Crippen LogP contribution in [-0.2, 0) is 35.4 Å². The SMILES string of the molecule is COC(=O)[C@H](Cc1ccccc1)NC(=O)[C@H](CC(=O)O)NC(=O)Nc1ccc(S(C)(=O)=O)cc1. The third kappa shape index (κ3) is 8.20. The van der Waals surface area contributed by atoms with Crippen molar-refractivity contribution in [2.45, 2.75) is 29.8 Å². The summed E-state index contributed by atoms with van der Waals surface area (Å²) in [6, 6.07) is 10.6. The molecule has 182 valence electrons. The monoisotopic (exact) mass is 491 g/mol. The summed E-state index contributed by atoms with van der Waals surface area (Å²) in [5, 5.41) is 16.2. The molecule has 0 bridgehead atoms. The Morgan fingerprint density at radius 2 is 1.56 bits per heavy atom. The third-order valence-electron chi connectivity index (χ3n) is 4.63. The van der Waals surface area contributed by atoms with Crippen LogP contribution in [0.15, 0.2) is 59.5 Å². The number of carboxylic acids is 1. The molecule has 11 nitrogen and oxygen atoms in total. The van der Waals surface area contributed by atoms with Crippen molar-refractivity contribution in [1.82, 2.24) is 10.6 Å². The summed E-state index contributed by atoms with van der Waals surface area (Å²) >= 11 is 0. The van der Waals surface area contributed by atoms with E-state index in [-0.39, 0.29) is 17.0 Å². The van der Waals surface area contributed by atoms with Crippen LogP contribution in [-0.4, -0.2) is 62.9 Å². The first-order valence-electron chi connectivity index (χ1n) is 10.0. The van der Waals surface area contributed by atoms with Crippen molar-refractivity contribution in [3.8, 4) is 0 Å². The van der Waals surface area contributed by atoms with Gasteiger partial charge >= 0.3 is 18.0 Å². The Hall–Kier alpha value is -3.93. The van der Waals surface area contributed by atoms with Crippen LogP contribution >= 0.6 is 0 Å². The number of rotatable bonds is 10. The molecule has 2 rings (SSSR count). The molecule has 0 aliphatic rings. The highest BCUT2D eigenvalue weighted by Gasteiger charge is 2.29. The zero-order valence-electron chi connectivity index (χ0n) is 18.5. The number of aliphatic carboxylic acids is 1. The summed E-state index contributed by atoms with van der Waals surface area (Å²) in [5.74, 6) is -2.98. The Morgan fingerprint density at radius 1 is 0.941 bits per heavy atom. The van der Waals surface area contributed by atoms with Crippen molar-refractivity contribution in [1.29, 1.82) is 0 Å². The van der Waals surface area contributed by atoms with Crippen LogP contribution in [0.4, 0.5) is 10.5 Å². The fourth-order valence-corrected chi connectivity index (χ4v) is 3.58. The molecule has 2 aromatic rings. The van der Waals surface area contributed by atoms with E-state index in [9.17, 15) is 27.6 Å². The number of esters is 1. The topological polar surface area (TPSA) is 168 Å². The van der Waals surface area contributed by atoms with Gasteiger partial charge in [0.2, 0.25) is 5.91 Å². The molecule has 2 aromatic carbocycles. The van der Waals surface area contributed by atoms with Crippen LogP contribution in [0.1, 0.15) is 12.0 Å². The molecule has 0 unspecified atom stereocenters. The zero-order valence-corrected chi connectivity index (χ0v) is 19.3. The highest BCUT2D eigenvalue weighted by molar-refractivity contribution is 7.90. The molecule has 0 fully saturated rings. The number of anilines is 1. The third-order valence-corrected chi connectivity index (χ3v) is 5.75. The van der Waals surface area contributed by atoms with Crippen molar-refractivity contribution in [2.75, 3.05) is 18.7 Å². The minimum Gasteiger partial charge on any atom is -0.481 e. The summed E-state index contributed by atoms with van der Waals surface area (Å²) < 4.78 is 27.8. The lowest BCUT2D eigenvalue weighted by Crippen LogP contribution is -2.53. The van der Waals surface area contributed by atoms with Crippen LogP contribution in [0.3, 0.4) is 0 Å². The second kappa shape index (κ2) is 11.8. The van der Waals surface area contributed by atoms with Gasteiger partial charge in [-0.25, -0.2) is 18.0 Å². The first-order valence-corrected chi connectivity index (χ1v) is 11.9. The van der Waals surface area contributed by atoms with Crippen LogP contribution in [0.2, 0.25) is 0 Å². The first kappa shape index (κ1) is 26.3. The minimum atomic E-state index is -3.42. The fraction of sp³-hybridized carbons (Fsp3) is 0.273. The van der Waals surface area contributed by atoms with Crippen molar-refractivity contribution in [2.24, 2.45) is 0 Å². The molecule has 4 N–H and O–H groups in total. The molecule has 0 radical (unpaired) electrons. The lowest BCUT2D eigenvalue weighted by atomic mass is 10.1. The van der Waals surface area contributed by atoms with Gasteiger partial charge in [-0.15, -0.1) is 0 Å². The Labute approximate surface area is 196 Å². The fourth-order valence-electron chi connectivity index (χ4n) is 2.95. The number of urea groups is 1. The number of carbonyl (C=O) groups excluding carboxylic acids is 3. The molecule has 3 amide bonds. The second-order valence-corrected chi connectivity index (χ2v) is 9.34. The first-order chi connectivity index (χ1) is 16.0. The molecule has 34 heavy (non-hydrogen) atoms. The maximum atomic E-state index is 12.8. The maximum Gasteiger partial charge on any atom is 0.328 e. The predicted molar refractivity (Wildman–Crippen MR) is 122 cm³/mol. The van der Waals surface area contributed by atoms with E-state index in [4.69, 9.17) is 9.84 Å². The van der Waals surface area contributed by atoms with E-state index in [1.807, 2.05) is 0 Å². The standard InChI is InChI=1S/C22H25N3O8S/c1-33-21(29)18(12-14-6-4-3-5-7-14)24-20(28)17(13-19(26)27)25-22(30)23-15-8-10-16(11-9-15)34(2,31)32/h3-11,17-18H,12-13H2,1-2H3,(H,24,28)(H,26,27)(H2,23,25,30)/t17-,18-/m0/s1. The molecule has 2 atom stereocenters. The van der Waals surface area contributed by atoms with Gasteiger partial charge in [-0.3, -0.25) is 9.59 Å². The van der Waals surface area contributed by atoms with E-state index in [0.717, 1.165) is 18.9 Å². The summed E-state index contributed by atoms with van der Waals surface area (Å²) in [6.07, 6.45) is 0.389. The van der Waals surface area contributed by atoms with Gasteiger partial charge in [0, 0.05) is 18.4 Å². The Bertz CT molecular complexity index is 1130. The summed E-state index contributed by atoms with van der Waals surface area (Å²) in [5.41, 5.74) is 0.951. The lowest BCUT2D eigenvalue weighted by molar-refractivity contribution is -0.145. The number of hydrogen-bond donors (Lipinski definition) is 4. The molecule has 0 aliphatic heterocycles. The molecule has 12 heteroatoms. The van der Waals surface area contributed by atoms with Gasteiger partial charge in [-0.2, -0.15) is 0 Å². The zero-order chi connectivity index (χ0) is 25.3. The summed E-state index contributed by atoms with van der Waals surface area (Å²) in [7, 11) is -2.26. The van der Waals surface area contributed by atoms with E-state index < -0.39 is 52.2 Å². The number of nitrogens with one attached hydrogen (secondary N) is 3. The van der Waals surface area contributed by atoms with Crippen molar-refractivity contribution in [3.05, 3.63) is 60.2 Å². The Kier molecular flexibility index (Phi) is 9.13.